The Morgan fingerprint density at radius 3 is 1.71 bits per heavy atom. The number of carboxylic acid groups (broad SMARTS) is 1. The maximum absolute atomic E-state index is 12.6. The van der Waals surface area contributed by atoms with E-state index in [1.807, 2.05) is 0 Å². The lowest BCUT2D eigenvalue weighted by atomic mass is 10.1. The molecule has 1 atom stereocenters. The van der Waals surface area contributed by atoms with Crippen LogP contribution in [-0.2, 0) is 19.0 Å². The summed E-state index contributed by atoms with van der Waals surface area (Å²) in [6.45, 7) is 7.90. The Morgan fingerprint density at radius 2 is 1.16 bits per heavy atom. The monoisotopic (exact) mass is 703 g/mol. The van der Waals surface area contributed by atoms with Crippen LogP contribution in [0.25, 0.3) is 0 Å². The minimum absolute atomic E-state index is 0.158. The summed E-state index contributed by atoms with van der Waals surface area (Å²) in [5.41, 5.74) is 0.621. The van der Waals surface area contributed by atoms with Gasteiger partial charge in [-0.2, -0.15) is 0 Å². The zero-order valence-corrected chi connectivity index (χ0v) is 29.4. The molecule has 0 saturated heterocycles. The maximum atomic E-state index is 12.6. The van der Waals surface area contributed by atoms with Crippen molar-refractivity contribution in [2.75, 3.05) is 45.4 Å². The first-order valence-corrected chi connectivity index (χ1v) is 17.2. The molecule has 0 radical (unpaired) electrons. The van der Waals surface area contributed by atoms with E-state index in [9.17, 15) is 29.1 Å². The van der Waals surface area contributed by atoms with E-state index < -0.39 is 29.5 Å². The quantitative estimate of drug-likeness (QED) is 0.0708. The van der Waals surface area contributed by atoms with Crippen LogP contribution in [0.15, 0.2) is 48.5 Å². The first kappa shape index (κ1) is 41.2. The number of hydrogen-bond acceptors (Lipinski definition) is 8. The van der Waals surface area contributed by atoms with Gasteiger partial charge in [0.25, 0.3) is 17.7 Å². The Labute approximate surface area is 293 Å². The van der Waals surface area contributed by atoms with Gasteiger partial charge in [-0.25, -0.2) is 9.59 Å². The normalized spacial score (nSPS) is 11.8. The third-order valence-electron chi connectivity index (χ3n) is 7.08. The smallest absolute Gasteiger partial charge is 0.338 e. The first-order valence-electron chi connectivity index (χ1n) is 16.7. The second kappa shape index (κ2) is 22.6. The molecule has 0 unspecified atom stereocenters. The van der Waals surface area contributed by atoms with Crippen molar-refractivity contribution in [2.24, 2.45) is 0 Å². The average Bonchev–Trinajstić information content (AvgIpc) is 3.07. The molecule has 0 heterocycles. The molecule has 0 bridgehead atoms. The summed E-state index contributed by atoms with van der Waals surface area (Å²) in [4.78, 5) is 61.5. The van der Waals surface area contributed by atoms with Crippen molar-refractivity contribution >= 4 is 41.3 Å². The number of amides is 3. The van der Waals surface area contributed by atoms with Crippen molar-refractivity contribution in [1.82, 2.24) is 16.0 Å². The highest BCUT2D eigenvalue weighted by Gasteiger charge is 2.22. The van der Waals surface area contributed by atoms with Gasteiger partial charge in [-0.05, 0) is 101 Å². The van der Waals surface area contributed by atoms with Gasteiger partial charge in [0, 0.05) is 42.3 Å². The van der Waals surface area contributed by atoms with Crippen LogP contribution in [0.4, 0.5) is 0 Å². The number of hydrogen-bond donors (Lipinski definition) is 4. The molecule has 12 nitrogen and oxygen atoms in total. The van der Waals surface area contributed by atoms with Crippen molar-refractivity contribution < 1.29 is 43.3 Å². The van der Waals surface area contributed by atoms with Gasteiger partial charge in [0.05, 0.1) is 25.4 Å². The molecule has 4 N–H and O–H groups in total. The largest absolute Gasteiger partial charge is 0.480 e. The predicted molar refractivity (Wildman–Crippen MR) is 186 cm³/mol. The van der Waals surface area contributed by atoms with Gasteiger partial charge >= 0.3 is 11.9 Å². The van der Waals surface area contributed by atoms with E-state index >= 15 is 0 Å². The number of unbranched alkanes of at least 4 members (excludes halogenated alkanes) is 4. The molecule has 0 aliphatic rings. The summed E-state index contributed by atoms with van der Waals surface area (Å²) < 4.78 is 16.3. The van der Waals surface area contributed by atoms with Crippen LogP contribution >= 0.6 is 11.6 Å². The molecule has 0 aromatic heterocycles. The van der Waals surface area contributed by atoms with Crippen molar-refractivity contribution in [3.63, 3.8) is 0 Å². The van der Waals surface area contributed by atoms with E-state index in [0.717, 1.165) is 25.7 Å². The summed E-state index contributed by atoms with van der Waals surface area (Å²) in [5.74, 6) is -2.18. The van der Waals surface area contributed by atoms with Crippen LogP contribution < -0.4 is 16.0 Å². The van der Waals surface area contributed by atoms with Crippen LogP contribution in [0.2, 0.25) is 0 Å². The molecule has 0 spiro atoms. The number of carbonyl (C=O) groups is 5. The fourth-order valence-corrected chi connectivity index (χ4v) is 4.65. The number of ether oxygens (including phenoxy) is 3. The van der Waals surface area contributed by atoms with Crippen molar-refractivity contribution in [1.29, 1.82) is 0 Å². The maximum Gasteiger partial charge on any atom is 0.338 e. The lowest BCUT2D eigenvalue weighted by Gasteiger charge is -2.19. The first-order chi connectivity index (χ1) is 23.4. The molecule has 2 rings (SSSR count). The molecule has 3 amide bonds. The van der Waals surface area contributed by atoms with Gasteiger partial charge in [0.15, 0.2) is 0 Å². The van der Waals surface area contributed by atoms with Gasteiger partial charge < -0.3 is 35.3 Å². The van der Waals surface area contributed by atoms with E-state index in [2.05, 4.69) is 16.0 Å². The number of benzene rings is 2. The summed E-state index contributed by atoms with van der Waals surface area (Å²) in [6.07, 6.45) is 5.32. The fraction of sp³-hybridized carbons (Fsp3) is 0.528. The summed E-state index contributed by atoms with van der Waals surface area (Å²) >= 11 is 5.65. The zero-order chi connectivity index (χ0) is 36.1. The van der Waals surface area contributed by atoms with Crippen molar-refractivity contribution in [3.8, 4) is 0 Å². The van der Waals surface area contributed by atoms with E-state index in [1.165, 1.54) is 24.3 Å². The Morgan fingerprint density at radius 1 is 0.653 bits per heavy atom. The Balaban J connectivity index is 1.63. The lowest BCUT2D eigenvalue weighted by Crippen LogP contribution is -2.40. The van der Waals surface area contributed by atoms with E-state index in [4.69, 9.17) is 25.8 Å². The highest BCUT2D eigenvalue weighted by Crippen LogP contribution is 2.14. The highest BCUT2D eigenvalue weighted by molar-refractivity contribution is 6.17. The van der Waals surface area contributed by atoms with Crippen molar-refractivity contribution in [2.45, 2.75) is 77.4 Å². The standard InChI is InChI=1S/C36H50ClN3O9/c1-36(2,3)49-35(46)29-17-15-28(16-18-29)33(43)40-30(34(44)45)10-6-8-20-38-31(41)26-11-13-27(14-12-26)32(42)39-21-23-48-25-24-47-22-9-5-4-7-19-37/h11-18,30H,4-10,19-25H2,1-3H3,(H,38,41)(H,39,42)(H,40,43)(H,44,45)/t30-/m0/s1. The molecule has 0 aliphatic heterocycles. The average molecular weight is 704 g/mol. The second-order valence-electron chi connectivity index (χ2n) is 12.4. The van der Waals surface area contributed by atoms with Gasteiger partial charge in [-0.3, -0.25) is 14.4 Å². The zero-order valence-electron chi connectivity index (χ0n) is 28.7. The number of nitrogens with one attached hydrogen (secondary N) is 3. The second-order valence-corrected chi connectivity index (χ2v) is 12.7. The lowest BCUT2D eigenvalue weighted by molar-refractivity contribution is -0.139. The SMILES string of the molecule is CC(C)(C)OC(=O)c1ccc(C(=O)N[C@@H](CCCCNC(=O)c2ccc(C(=O)NCCOCCOCCCCCCCl)cc2)C(=O)O)cc1. The molecule has 49 heavy (non-hydrogen) atoms. The Hall–Kier alpha value is -4.00. The molecular weight excluding hydrogens is 654 g/mol. The molecule has 0 saturated carbocycles. The highest BCUT2D eigenvalue weighted by atomic mass is 35.5. The Kier molecular flexibility index (Phi) is 19.0. The third kappa shape index (κ3) is 17.3. The fourth-order valence-electron chi connectivity index (χ4n) is 4.46. The number of alkyl halides is 1. The molecule has 2 aromatic carbocycles. The van der Waals surface area contributed by atoms with Gasteiger partial charge in [-0.1, -0.05) is 12.8 Å². The van der Waals surface area contributed by atoms with Crippen LogP contribution in [0.3, 0.4) is 0 Å². The minimum atomic E-state index is -1.18. The molecule has 0 aliphatic carbocycles. The number of carboxylic acids is 1. The van der Waals surface area contributed by atoms with E-state index in [1.54, 1.807) is 45.0 Å². The summed E-state index contributed by atoms with van der Waals surface area (Å²) in [7, 11) is 0. The molecule has 2 aromatic rings. The summed E-state index contributed by atoms with van der Waals surface area (Å²) in [5, 5.41) is 17.7. The topological polar surface area (TPSA) is 169 Å². The van der Waals surface area contributed by atoms with Gasteiger partial charge in [0.1, 0.15) is 11.6 Å². The van der Waals surface area contributed by atoms with E-state index in [0.29, 0.717) is 69.4 Å². The number of aliphatic carboxylic acids is 1. The van der Waals surface area contributed by atoms with Gasteiger partial charge in [0.2, 0.25) is 0 Å². The number of halogens is 1. The Bertz CT molecular complexity index is 1330. The van der Waals surface area contributed by atoms with Gasteiger partial charge in [-0.15, -0.1) is 11.6 Å². The minimum Gasteiger partial charge on any atom is -0.480 e. The molecule has 270 valence electrons. The number of carbonyl (C=O) groups excluding carboxylic acids is 4. The molecular formula is C36H50ClN3O9. The number of rotatable bonds is 23. The van der Waals surface area contributed by atoms with Crippen LogP contribution in [0.5, 0.6) is 0 Å². The van der Waals surface area contributed by atoms with Crippen LogP contribution in [-0.4, -0.2) is 91.8 Å². The van der Waals surface area contributed by atoms with Crippen LogP contribution in [0, 0.1) is 0 Å². The van der Waals surface area contributed by atoms with E-state index in [-0.39, 0.29) is 29.4 Å². The molecule has 13 heteroatoms. The third-order valence-corrected chi connectivity index (χ3v) is 7.34. The van der Waals surface area contributed by atoms with Crippen LogP contribution in [0.1, 0.15) is 107 Å². The summed E-state index contributed by atoms with van der Waals surface area (Å²) in [6, 6.07) is 10.9. The number of esters is 1. The predicted octanol–water partition coefficient (Wildman–Crippen LogP) is 4.99. The molecule has 0 fully saturated rings. The van der Waals surface area contributed by atoms with Crippen molar-refractivity contribution in [3.05, 3.63) is 70.8 Å².